The first-order valence-corrected chi connectivity index (χ1v) is 8.77. The molecule has 6 heteroatoms. The Hall–Kier alpha value is -0.950. The molecule has 0 spiro atoms. The Morgan fingerprint density at radius 3 is 2.24 bits per heavy atom. The summed E-state index contributed by atoms with van der Waals surface area (Å²) in [5.41, 5.74) is 2.33. The Balaban J connectivity index is 2.32. The summed E-state index contributed by atoms with van der Waals surface area (Å²) >= 11 is 0. The van der Waals surface area contributed by atoms with Crippen LogP contribution in [0.2, 0.25) is 0 Å². The van der Waals surface area contributed by atoms with E-state index in [0.717, 1.165) is 30.8 Å². The minimum Gasteiger partial charge on any atom is -0.392 e. The van der Waals surface area contributed by atoms with E-state index in [1.165, 1.54) is 0 Å². The number of benzene rings is 1. The Labute approximate surface area is 127 Å². The van der Waals surface area contributed by atoms with Crippen LogP contribution in [0, 0.1) is 13.8 Å². The van der Waals surface area contributed by atoms with E-state index < -0.39 is 10.0 Å². The fourth-order valence-electron chi connectivity index (χ4n) is 2.75. The van der Waals surface area contributed by atoms with Crippen LogP contribution in [0.15, 0.2) is 17.0 Å². The highest BCUT2D eigenvalue weighted by Gasteiger charge is 2.29. The number of nitrogens with zero attached hydrogens (tertiary/aromatic N) is 2. The van der Waals surface area contributed by atoms with Crippen LogP contribution < -0.4 is 0 Å². The molecule has 1 fully saturated rings. The van der Waals surface area contributed by atoms with Gasteiger partial charge in [0.05, 0.1) is 11.5 Å². The van der Waals surface area contributed by atoms with Gasteiger partial charge in [-0.25, -0.2) is 8.42 Å². The lowest BCUT2D eigenvalue weighted by molar-refractivity contribution is 0.196. The van der Waals surface area contributed by atoms with Crippen molar-refractivity contribution in [2.75, 3.05) is 32.7 Å². The van der Waals surface area contributed by atoms with E-state index in [4.69, 9.17) is 0 Å². The van der Waals surface area contributed by atoms with Crippen molar-refractivity contribution < 1.29 is 13.5 Å². The average Bonchev–Trinajstić information content (AvgIpc) is 2.47. The number of hydrogen-bond acceptors (Lipinski definition) is 4. The van der Waals surface area contributed by atoms with E-state index in [2.05, 4.69) is 11.8 Å². The van der Waals surface area contributed by atoms with Crippen molar-refractivity contribution in [1.82, 2.24) is 9.21 Å². The highest BCUT2D eigenvalue weighted by Crippen LogP contribution is 2.24. The predicted molar refractivity (Wildman–Crippen MR) is 82.7 cm³/mol. The molecule has 5 nitrogen and oxygen atoms in total. The summed E-state index contributed by atoms with van der Waals surface area (Å²) in [4.78, 5) is 2.56. The van der Waals surface area contributed by atoms with Crippen LogP contribution in [-0.4, -0.2) is 55.5 Å². The van der Waals surface area contributed by atoms with Gasteiger partial charge in [0.1, 0.15) is 0 Å². The van der Waals surface area contributed by atoms with Gasteiger partial charge < -0.3 is 10.0 Å². The number of aryl methyl sites for hydroxylation is 2. The van der Waals surface area contributed by atoms with Crippen molar-refractivity contribution >= 4 is 10.0 Å². The van der Waals surface area contributed by atoms with Crippen molar-refractivity contribution in [3.8, 4) is 0 Å². The number of piperazine rings is 1. The van der Waals surface area contributed by atoms with Crippen LogP contribution in [0.25, 0.3) is 0 Å². The first kappa shape index (κ1) is 16.4. The van der Waals surface area contributed by atoms with Gasteiger partial charge >= 0.3 is 0 Å². The minimum absolute atomic E-state index is 0.141. The molecule has 1 aliphatic rings. The third-order valence-corrected chi connectivity index (χ3v) is 6.24. The number of rotatable bonds is 4. The molecule has 2 rings (SSSR count). The van der Waals surface area contributed by atoms with Crippen molar-refractivity contribution in [3.63, 3.8) is 0 Å². The van der Waals surface area contributed by atoms with Crippen LogP contribution >= 0.6 is 0 Å². The van der Waals surface area contributed by atoms with Crippen molar-refractivity contribution in [3.05, 3.63) is 28.8 Å². The number of hydrogen-bond donors (Lipinski definition) is 1. The summed E-state index contributed by atoms with van der Waals surface area (Å²) in [5.74, 6) is 0. The molecule has 0 bridgehead atoms. The molecule has 0 atom stereocenters. The lowest BCUT2D eigenvalue weighted by Crippen LogP contribution is -2.48. The molecule has 118 valence electrons. The predicted octanol–water partition coefficient (Wildman–Crippen LogP) is 1.12. The van der Waals surface area contributed by atoms with Gasteiger partial charge in [-0.3, -0.25) is 0 Å². The van der Waals surface area contributed by atoms with E-state index in [9.17, 15) is 13.5 Å². The summed E-state index contributed by atoms with van der Waals surface area (Å²) in [6.07, 6.45) is 0. The summed E-state index contributed by atoms with van der Waals surface area (Å²) in [6.45, 7) is 9.18. The molecular formula is C15H24N2O3S. The van der Waals surface area contributed by atoms with Crippen molar-refractivity contribution in [1.29, 1.82) is 0 Å². The molecular weight excluding hydrogens is 288 g/mol. The lowest BCUT2D eigenvalue weighted by atomic mass is 10.1. The van der Waals surface area contributed by atoms with E-state index in [1.54, 1.807) is 10.4 Å². The average molecular weight is 312 g/mol. The number of sulfonamides is 1. The molecule has 0 radical (unpaired) electrons. The molecule has 1 saturated heterocycles. The standard InChI is InChI=1S/C15H24N2O3S/c1-4-16-5-7-17(8-6-16)21(19,20)15-10-14(11-18)12(2)9-13(15)3/h9-10,18H,4-8,11H2,1-3H3. The third kappa shape index (κ3) is 3.29. The summed E-state index contributed by atoms with van der Waals surface area (Å²) in [7, 11) is -3.48. The molecule has 1 heterocycles. The fraction of sp³-hybridized carbons (Fsp3) is 0.600. The molecule has 1 aromatic rings. The second-order valence-corrected chi connectivity index (χ2v) is 7.45. The molecule has 0 saturated carbocycles. The summed E-state index contributed by atoms with van der Waals surface area (Å²) in [6, 6.07) is 3.45. The van der Waals surface area contributed by atoms with E-state index in [-0.39, 0.29) is 6.61 Å². The fourth-order valence-corrected chi connectivity index (χ4v) is 4.43. The van der Waals surface area contributed by atoms with Gasteiger partial charge in [-0.2, -0.15) is 4.31 Å². The van der Waals surface area contributed by atoms with Crippen LogP contribution in [0.4, 0.5) is 0 Å². The molecule has 0 aromatic heterocycles. The maximum Gasteiger partial charge on any atom is 0.243 e. The molecule has 21 heavy (non-hydrogen) atoms. The van der Waals surface area contributed by atoms with Crippen LogP contribution in [0.3, 0.4) is 0 Å². The summed E-state index contributed by atoms with van der Waals surface area (Å²) < 4.78 is 27.2. The highest BCUT2D eigenvalue weighted by atomic mass is 32.2. The monoisotopic (exact) mass is 312 g/mol. The molecule has 0 unspecified atom stereocenters. The molecule has 1 aromatic carbocycles. The highest BCUT2D eigenvalue weighted by molar-refractivity contribution is 7.89. The molecule has 1 aliphatic heterocycles. The second-order valence-electron chi connectivity index (χ2n) is 5.54. The van der Waals surface area contributed by atoms with Gasteiger partial charge in [0.2, 0.25) is 10.0 Å². The van der Waals surface area contributed by atoms with Gasteiger partial charge in [-0.05, 0) is 43.1 Å². The van der Waals surface area contributed by atoms with Gasteiger partial charge in [-0.15, -0.1) is 0 Å². The number of aliphatic hydroxyl groups excluding tert-OH is 1. The van der Waals surface area contributed by atoms with E-state index >= 15 is 0 Å². The zero-order valence-corrected chi connectivity index (χ0v) is 13.8. The Morgan fingerprint density at radius 2 is 1.71 bits per heavy atom. The smallest absolute Gasteiger partial charge is 0.243 e. The first-order valence-electron chi connectivity index (χ1n) is 7.33. The number of aliphatic hydroxyl groups is 1. The van der Waals surface area contributed by atoms with Crippen molar-refractivity contribution in [2.45, 2.75) is 32.3 Å². The van der Waals surface area contributed by atoms with Crippen LogP contribution in [0.5, 0.6) is 0 Å². The zero-order chi connectivity index (χ0) is 15.6. The SMILES string of the molecule is CCN1CCN(S(=O)(=O)c2cc(CO)c(C)cc2C)CC1. The number of likely N-dealkylation sites (N-methyl/N-ethyl adjacent to an activating group) is 1. The lowest BCUT2D eigenvalue weighted by Gasteiger charge is -2.33. The van der Waals surface area contributed by atoms with E-state index in [0.29, 0.717) is 23.5 Å². The molecule has 0 aliphatic carbocycles. The van der Waals surface area contributed by atoms with Crippen molar-refractivity contribution in [2.24, 2.45) is 0 Å². The third-order valence-electron chi connectivity index (χ3n) is 4.20. The topological polar surface area (TPSA) is 60.9 Å². The van der Waals surface area contributed by atoms with Gasteiger partial charge in [-0.1, -0.05) is 13.0 Å². The quantitative estimate of drug-likeness (QED) is 0.905. The zero-order valence-electron chi connectivity index (χ0n) is 13.0. The van der Waals surface area contributed by atoms with Crippen LogP contribution in [-0.2, 0) is 16.6 Å². The molecule has 0 amide bonds. The Morgan fingerprint density at radius 1 is 1.10 bits per heavy atom. The summed E-state index contributed by atoms with van der Waals surface area (Å²) in [5, 5.41) is 9.36. The van der Waals surface area contributed by atoms with Gasteiger partial charge in [0.25, 0.3) is 0 Å². The molecule has 1 N–H and O–H groups in total. The maximum absolute atomic E-state index is 12.8. The Kier molecular flexibility index (Phi) is 5.03. The van der Waals surface area contributed by atoms with E-state index in [1.807, 2.05) is 19.9 Å². The van der Waals surface area contributed by atoms with Crippen LogP contribution in [0.1, 0.15) is 23.6 Å². The minimum atomic E-state index is -3.48. The normalized spacial score (nSPS) is 18.1. The Bertz CT molecular complexity index is 606. The second kappa shape index (κ2) is 6.44. The van der Waals surface area contributed by atoms with Gasteiger partial charge in [0.15, 0.2) is 0 Å². The maximum atomic E-state index is 12.8. The van der Waals surface area contributed by atoms with Gasteiger partial charge in [0, 0.05) is 26.2 Å². The first-order chi connectivity index (χ1) is 9.90. The largest absolute Gasteiger partial charge is 0.392 e.